The molecule has 0 saturated carbocycles. The van der Waals surface area contributed by atoms with E-state index in [4.69, 9.17) is 16.3 Å². The number of rotatable bonds is 7. The minimum Gasteiger partial charge on any atom is -0.426 e. The molecule has 0 radical (unpaired) electrons. The van der Waals surface area contributed by atoms with Gasteiger partial charge in [-0.25, -0.2) is 8.42 Å². The second kappa shape index (κ2) is 9.98. The Hall–Kier alpha value is -2.83. The van der Waals surface area contributed by atoms with Crippen molar-refractivity contribution in [3.8, 4) is 5.75 Å². The van der Waals surface area contributed by atoms with Crippen LogP contribution in [0.2, 0.25) is 5.02 Å². The molecule has 0 saturated heterocycles. The van der Waals surface area contributed by atoms with Crippen molar-refractivity contribution in [2.45, 2.75) is 38.5 Å². The summed E-state index contributed by atoms with van der Waals surface area (Å²) in [6.45, 7) is 7.73. The first-order valence-corrected chi connectivity index (χ1v) is 12.5. The van der Waals surface area contributed by atoms with Crippen molar-refractivity contribution in [1.29, 1.82) is 0 Å². The summed E-state index contributed by atoms with van der Waals surface area (Å²) >= 11 is 5.97. The lowest BCUT2D eigenvalue weighted by molar-refractivity contribution is -0.137. The van der Waals surface area contributed by atoms with Crippen molar-refractivity contribution in [2.24, 2.45) is 5.92 Å². The molecule has 174 valence electrons. The number of aryl methyl sites for hydroxylation is 2. The third-order valence-electron chi connectivity index (χ3n) is 5.71. The van der Waals surface area contributed by atoms with Crippen LogP contribution in [0.1, 0.15) is 36.5 Å². The van der Waals surface area contributed by atoms with Crippen LogP contribution < -0.4 is 9.04 Å². The summed E-state index contributed by atoms with van der Waals surface area (Å²) in [7, 11) is -2.22. The van der Waals surface area contributed by atoms with Gasteiger partial charge in [0.15, 0.2) is 0 Å². The molecule has 0 N–H and O–H groups in total. The maximum absolute atomic E-state index is 13.0. The van der Waals surface area contributed by atoms with Crippen LogP contribution in [0.15, 0.2) is 71.6 Å². The quantitative estimate of drug-likeness (QED) is 0.298. The Morgan fingerprint density at radius 2 is 1.52 bits per heavy atom. The molecule has 7 heteroatoms. The maximum Gasteiger partial charge on any atom is 0.319 e. The Bertz CT molecular complexity index is 1240. The molecule has 1 atom stereocenters. The van der Waals surface area contributed by atoms with Crippen LogP contribution in [0.3, 0.4) is 0 Å². The van der Waals surface area contributed by atoms with E-state index in [-0.39, 0.29) is 16.8 Å². The predicted molar refractivity (Wildman–Crippen MR) is 133 cm³/mol. The Kier molecular flexibility index (Phi) is 7.50. The molecule has 0 aliphatic rings. The van der Waals surface area contributed by atoms with E-state index in [1.165, 1.54) is 11.4 Å². The van der Waals surface area contributed by atoms with Crippen LogP contribution in [-0.2, 0) is 14.8 Å². The molecule has 33 heavy (non-hydrogen) atoms. The average molecular weight is 486 g/mol. The average Bonchev–Trinajstić information content (AvgIpc) is 2.77. The molecular formula is C26H28ClNO4S. The topological polar surface area (TPSA) is 63.7 Å². The van der Waals surface area contributed by atoms with Gasteiger partial charge < -0.3 is 4.74 Å². The number of ether oxygens (including phenoxy) is 1. The zero-order valence-electron chi connectivity index (χ0n) is 19.4. The minimum atomic E-state index is -3.72. The fraction of sp³-hybridized carbons (Fsp3) is 0.269. The van der Waals surface area contributed by atoms with Crippen molar-refractivity contribution in [2.75, 3.05) is 11.4 Å². The van der Waals surface area contributed by atoms with Gasteiger partial charge >= 0.3 is 5.97 Å². The zero-order chi connectivity index (χ0) is 24.3. The van der Waals surface area contributed by atoms with Gasteiger partial charge in [-0.05, 0) is 85.0 Å². The van der Waals surface area contributed by atoms with Crippen molar-refractivity contribution in [3.63, 3.8) is 0 Å². The van der Waals surface area contributed by atoms with Crippen molar-refractivity contribution >= 4 is 33.3 Å². The number of hydrogen-bond donors (Lipinski definition) is 0. The van der Waals surface area contributed by atoms with Crippen LogP contribution in [0, 0.1) is 19.8 Å². The van der Waals surface area contributed by atoms with Crippen LogP contribution >= 0.6 is 11.6 Å². The molecule has 0 heterocycles. The maximum atomic E-state index is 13.0. The molecule has 5 nitrogen and oxygen atoms in total. The summed E-state index contributed by atoms with van der Waals surface area (Å²) in [4.78, 5) is 13.1. The first-order valence-electron chi connectivity index (χ1n) is 10.6. The molecule has 3 rings (SSSR count). The largest absolute Gasteiger partial charge is 0.426 e. The number of carbonyl (C=O) groups excluding carboxylic acids is 1. The number of halogens is 1. The number of hydrogen-bond acceptors (Lipinski definition) is 4. The summed E-state index contributed by atoms with van der Waals surface area (Å²) in [5.41, 5.74) is 3.23. The summed E-state index contributed by atoms with van der Waals surface area (Å²) in [5.74, 6) is -0.460. The van der Waals surface area contributed by atoms with E-state index in [0.29, 0.717) is 16.5 Å². The number of esters is 1. The molecule has 0 aliphatic carbocycles. The van der Waals surface area contributed by atoms with Gasteiger partial charge in [0.05, 0.1) is 16.5 Å². The summed E-state index contributed by atoms with van der Waals surface area (Å²) in [6.07, 6.45) is 0. The normalized spacial score (nSPS) is 12.5. The molecule has 0 fully saturated rings. The lowest BCUT2D eigenvalue weighted by Crippen LogP contribution is -2.26. The molecule has 3 aromatic carbocycles. The van der Waals surface area contributed by atoms with E-state index < -0.39 is 15.9 Å². The minimum absolute atomic E-state index is 0.0205. The molecule has 0 amide bonds. The van der Waals surface area contributed by atoms with Crippen LogP contribution in [0.5, 0.6) is 5.75 Å². The highest BCUT2D eigenvalue weighted by Gasteiger charge is 2.27. The molecule has 0 spiro atoms. The summed E-state index contributed by atoms with van der Waals surface area (Å²) in [6, 6.07) is 18.6. The Balaban J connectivity index is 1.78. The molecule has 3 aromatic rings. The summed E-state index contributed by atoms with van der Waals surface area (Å²) < 4.78 is 32.9. The van der Waals surface area contributed by atoms with E-state index in [1.807, 2.05) is 39.8 Å². The highest BCUT2D eigenvalue weighted by Crippen LogP contribution is 2.30. The van der Waals surface area contributed by atoms with Gasteiger partial charge in [0, 0.05) is 12.1 Å². The highest BCUT2D eigenvalue weighted by molar-refractivity contribution is 7.92. The fourth-order valence-electron chi connectivity index (χ4n) is 3.54. The van der Waals surface area contributed by atoms with Gasteiger partial charge in [-0.1, -0.05) is 43.6 Å². The van der Waals surface area contributed by atoms with Gasteiger partial charge in [-0.15, -0.1) is 0 Å². The molecule has 0 aliphatic heterocycles. The number of nitrogens with zero attached hydrogens (tertiary/aromatic N) is 1. The van der Waals surface area contributed by atoms with Gasteiger partial charge in [0.25, 0.3) is 10.0 Å². The van der Waals surface area contributed by atoms with E-state index in [1.54, 1.807) is 54.6 Å². The van der Waals surface area contributed by atoms with Gasteiger partial charge in [0.2, 0.25) is 0 Å². The molecular weight excluding hydrogens is 458 g/mol. The summed E-state index contributed by atoms with van der Waals surface area (Å²) in [5, 5.41) is 0.602. The lowest BCUT2D eigenvalue weighted by Gasteiger charge is -2.21. The first-order chi connectivity index (χ1) is 15.5. The SMILES string of the molecule is Cc1ccc(S(=O)(=O)N(C)c2ccc(OC(=O)C(c3ccc(Cl)cc3)C(C)C)cc2)cc1C. The number of carbonyl (C=O) groups is 1. The third kappa shape index (κ3) is 5.57. The number of anilines is 1. The van der Waals surface area contributed by atoms with Crippen LogP contribution in [0.25, 0.3) is 0 Å². The molecule has 0 aromatic heterocycles. The van der Waals surface area contributed by atoms with Crippen molar-refractivity contribution in [3.05, 3.63) is 88.4 Å². The van der Waals surface area contributed by atoms with E-state index in [0.717, 1.165) is 16.7 Å². The van der Waals surface area contributed by atoms with Gasteiger partial charge in [-0.3, -0.25) is 9.10 Å². The lowest BCUT2D eigenvalue weighted by atomic mass is 9.88. The Labute approximate surface area is 201 Å². The van der Waals surface area contributed by atoms with Crippen molar-refractivity contribution in [1.82, 2.24) is 0 Å². The van der Waals surface area contributed by atoms with E-state index >= 15 is 0 Å². The monoisotopic (exact) mass is 485 g/mol. The Morgan fingerprint density at radius 3 is 2.06 bits per heavy atom. The first kappa shape index (κ1) is 24.8. The second-order valence-electron chi connectivity index (χ2n) is 8.41. The number of benzene rings is 3. The predicted octanol–water partition coefficient (Wildman–Crippen LogP) is 6.13. The molecule has 0 bridgehead atoms. The van der Waals surface area contributed by atoms with Gasteiger partial charge in [0.1, 0.15) is 5.75 Å². The molecule has 1 unspecified atom stereocenters. The Morgan fingerprint density at radius 1 is 0.909 bits per heavy atom. The van der Waals surface area contributed by atoms with Crippen LogP contribution in [-0.4, -0.2) is 21.4 Å². The smallest absolute Gasteiger partial charge is 0.319 e. The van der Waals surface area contributed by atoms with E-state index in [9.17, 15) is 13.2 Å². The highest BCUT2D eigenvalue weighted by atomic mass is 35.5. The van der Waals surface area contributed by atoms with Crippen molar-refractivity contribution < 1.29 is 17.9 Å². The fourth-order valence-corrected chi connectivity index (χ4v) is 4.95. The second-order valence-corrected chi connectivity index (χ2v) is 10.8. The van der Waals surface area contributed by atoms with Crippen LogP contribution in [0.4, 0.5) is 5.69 Å². The number of sulfonamides is 1. The van der Waals surface area contributed by atoms with Gasteiger partial charge in [-0.2, -0.15) is 0 Å². The standard InChI is InChI=1S/C26H28ClNO4S/c1-17(2)25(20-7-9-21(27)10-8-20)26(29)32-23-13-11-22(12-14-23)28(5)33(30,31)24-15-6-18(3)19(4)16-24/h6-17,25H,1-5H3. The zero-order valence-corrected chi connectivity index (χ0v) is 20.9. The third-order valence-corrected chi connectivity index (χ3v) is 7.74. The van der Waals surface area contributed by atoms with E-state index in [2.05, 4.69) is 0 Å².